The zero-order valence-corrected chi connectivity index (χ0v) is 38.9. The van der Waals surface area contributed by atoms with Gasteiger partial charge in [0.05, 0.1) is 139 Å². The molecule has 0 saturated heterocycles. The van der Waals surface area contributed by atoms with Gasteiger partial charge in [0, 0.05) is 32.4 Å². The van der Waals surface area contributed by atoms with Crippen LogP contribution in [-0.4, -0.2) is 181 Å². The molecule has 0 aliphatic rings. The van der Waals surface area contributed by atoms with Gasteiger partial charge in [-0.15, -0.1) is 0 Å². The van der Waals surface area contributed by atoms with E-state index in [0.29, 0.717) is 178 Å². The van der Waals surface area contributed by atoms with E-state index >= 15 is 0 Å². The maximum Gasteiger partial charge on any atom is 0.303 e. The van der Waals surface area contributed by atoms with Crippen molar-refractivity contribution in [3.05, 3.63) is 0 Å². The molecule has 0 rings (SSSR count). The highest BCUT2D eigenvalue weighted by atomic mass is 16.6. The Morgan fingerprint density at radius 3 is 0.889 bits per heavy atom. The SMILES string of the molecule is NCCOCCOCCOCCOCCOCCOCCOCCOCCOCCOCCOCNC(=O)CCCNC(=O)CCCCCCCCCCCCCCCCC(=O)O. The van der Waals surface area contributed by atoms with Crippen LogP contribution in [0, 0.1) is 0 Å². The lowest BCUT2D eigenvalue weighted by atomic mass is 10.0. The van der Waals surface area contributed by atoms with Crippen molar-refractivity contribution < 1.29 is 71.6 Å². The summed E-state index contributed by atoms with van der Waals surface area (Å²) in [5.41, 5.74) is 5.34. The largest absolute Gasteiger partial charge is 0.481 e. The van der Waals surface area contributed by atoms with Crippen molar-refractivity contribution in [2.75, 3.05) is 159 Å². The lowest BCUT2D eigenvalue weighted by Gasteiger charge is -2.09. The van der Waals surface area contributed by atoms with Crippen LogP contribution in [-0.2, 0) is 66.5 Å². The summed E-state index contributed by atoms with van der Waals surface area (Å²) < 4.78 is 59.8. The van der Waals surface area contributed by atoms with Crippen LogP contribution in [0.1, 0.15) is 116 Å². The molecule has 0 unspecified atom stereocenters. The fourth-order valence-corrected chi connectivity index (χ4v) is 5.82. The summed E-state index contributed by atoms with van der Waals surface area (Å²) >= 11 is 0. The smallest absolute Gasteiger partial charge is 0.303 e. The van der Waals surface area contributed by atoms with E-state index in [9.17, 15) is 14.4 Å². The number of nitrogens with one attached hydrogen (secondary N) is 2. The average Bonchev–Trinajstić information content (AvgIpc) is 3.27. The topological polar surface area (TPSA) is 223 Å². The van der Waals surface area contributed by atoms with Gasteiger partial charge in [0.1, 0.15) is 6.73 Å². The standard InChI is InChI=1S/C45H89N3O15/c46-19-21-53-22-23-54-24-25-55-26-27-56-28-29-57-30-31-58-32-33-59-34-35-60-36-37-61-38-39-62-40-41-63-42-48-44(50)17-15-20-47-43(49)16-13-11-9-7-5-3-1-2-4-6-8-10-12-14-18-45(51)52/h1-42,46H2,(H,47,49)(H,48,50)(H,51,52). The molecule has 0 aliphatic heterocycles. The minimum atomic E-state index is -0.691. The third-order valence-corrected chi connectivity index (χ3v) is 9.30. The average molecular weight is 912 g/mol. The third kappa shape index (κ3) is 56.0. The van der Waals surface area contributed by atoms with Crippen LogP contribution in [0.4, 0.5) is 0 Å². The number of amides is 2. The number of aliphatic carboxylic acids is 1. The van der Waals surface area contributed by atoms with Gasteiger partial charge < -0.3 is 73.6 Å². The molecule has 0 radical (unpaired) electrons. The first-order chi connectivity index (χ1) is 31.1. The minimum Gasteiger partial charge on any atom is -0.481 e. The zero-order chi connectivity index (χ0) is 45.6. The van der Waals surface area contributed by atoms with Crippen LogP contribution in [0.15, 0.2) is 0 Å². The molecule has 0 aromatic carbocycles. The Labute approximate surface area is 379 Å². The number of hydrogen-bond acceptors (Lipinski definition) is 15. The van der Waals surface area contributed by atoms with Gasteiger partial charge in [0.25, 0.3) is 0 Å². The molecular weight excluding hydrogens is 823 g/mol. The minimum absolute atomic E-state index is 0.0515. The number of carboxylic acid groups (broad SMARTS) is 1. The molecule has 0 heterocycles. The molecule has 0 aliphatic carbocycles. The second kappa shape index (κ2) is 54.3. The zero-order valence-electron chi connectivity index (χ0n) is 38.9. The summed E-state index contributed by atoms with van der Waals surface area (Å²) in [6.45, 7) is 11.3. The van der Waals surface area contributed by atoms with Crippen LogP contribution in [0.3, 0.4) is 0 Å². The number of nitrogens with two attached hydrogens (primary N) is 1. The van der Waals surface area contributed by atoms with E-state index in [2.05, 4.69) is 10.6 Å². The highest BCUT2D eigenvalue weighted by Gasteiger charge is 2.04. The lowest BCUT2D eigenvalue weighted by molar-refractivity contribution is -0.137. The van der Waals surface area contributed by atoms with Crippen molar-refractivity contribution in [3.8, 4) is 0 Å². The maximum absolute atomic E-state index is 12.1. The van der Waals surface area contributed by atoms with Gasteiger partial charge in [-0.1, -0.05) is 77.0 Å². The molecule has 0 fully saturated rings. The molecule has 0 atom stereocenters. The Bertz CT molecular complexity index is 958. The van der Waals surface area contributed by atoms with Crippen molar-refractivity contribution in [1.29, 1.82) is 0 Å². The molecule has 18 heteroatoms. The Kier molecular flexibility index (Phi) is 52.5. The van der Waals surface area contributed by atoms with Crippen LogP contribution in [0.2, 0.25) is 0 Å². The van der Waals surface area contributed by atoms with Gasteiger partial charge in [-0.25, -0.2) is 0 Å². The van der Waals surface area contributed by atoms with Crippen LogP contribution in [0.25, 0.3) is 0 Å². The fraction of sp³-hybridized carbons (Fsp3) is 0.933. The first kappa shape index (κ1) is 60.9. The lowest BCUT2D eigenvalue weighted by Crippen LogP contribution is -2.29. The summed E-state index contributed by atoms with van der Waals surface area (Å²) in [5, 5.41) is 14.3. The number of carboxylic acids is 1. The number of rotatable bonds is 55. The second-order valence-corrected chi connectivity index (χ2v) is 14.9. The molecule has 0 aromatic heterocycles. The fourth-order valence-electron chi connectivity index (χ4n) is 5.82. The Hall–Kier alpha value is -2.07. The van der Waals surface area contributed by atoms with Crippen molar-refractivity contribution in [1.82, 2.24) is 10.6 Å². The Morgan fingerprint density at radius 2 is 0.571 bits per heavy atom. The summed E-state index contributed by atoms with van der Waals surface area (Å²) in [6.07, 6.45) is 18.0. The predicted octanol–water partition coefficient (Wildman–Crippen LogP) is 4.42. The van der Waals surface area contributed by atoms with Crippen molar-refractivity contribution in [2.24, 2.45) is 5.73 Å². The van der Waals surface area contributed by atoms with Crippen molar-refractivity contribution >= 4 is 17.8 Å². The predicted molar refractivity (Wildman–Crippen MR) is 240 cm³/mol. The summed E-state index contributed by atoms with van der Waals surface area (Å²) in [4.78, 5) is 34.6. The van der Waals surface area contributed by atoms with E-state index in [-0.39, 0.29) is 18.5 Å². The molecule has 0 saturated carbocycles. The first-order valence-corrected chi connectivity index (χ1v) is 23.9. The summed E-state index contributed by atoms with van der Waals surface area (Å²) in [5.74, 6) is -0.750. The van der Waals surface area contributed by atoms with Crippen molar-refractivity contribution in [2.45, 2.75) is 116 Å². The number of unbranched alkanes of at least 4 members (excludes halogenated alkanes) is 13. The maximum atomic E-state index is 12.1. The second-order valence-electron chi connectivity index (χ2n) is 14.9. The number of carbonyl (C=O) groups is 3. The van der Waals surface area contributed by atoms with E-state index in [0.717, 1.165) is 32.1 Å². The van der Waals surface area contributed by atoms with Gasteiger partial charge >= 0.3 is 5.97 Å². The summed E-state index contributed by atoms with van der Waals surface area (Å²) in [7, 11) is 0. The first-order valence-electron chi connectivity index (χ1n) is 23.9. The normalized spacial score (nSPS) is 11.4. The molecule has 18 nitrogen and oxygen atoms in total. The van der Waals surface area contributed by atoms with Gasteiger partial charge in [0.2, 0.25) is 11.8 Å². The molecule has 0 aromatic rings. The highest BCUT2D eigenvalue weighted by molar-refractivity contribution is 5.77. The Morgan fingerprint density at radius 1 is 0.317 bits per heavy atom. The number of hydrogen-bond donors (Lipinski definition) is 4. The molecule has 0 spiro atoms. The highest BCUT2D eigenvalue weighted by Crippen LogP contribution is 2.14. The van der Waals surface area contributed by atoms with E-state index in [4.69, 9.17) is 62.9 Å². The van der Waals surface area contributed by atoms with Gasteiger partial charge in [0.15, 0.2) is 0 Å². The van der Waals surface area contributed by atoms with Crippen LogP contribution >= 0.6 is 0 Å². The van der Waals surface area contributed by atoms with Gasteiger partial charge in [-0.2, -0.15) is 0 Å². The molecular formula is C45H89N3O15. The van der Waals surface area contributed by atoms with Crippen LogP contribution in [0.5, 0.6) is 0 Å². The third-order valence-electron chi connectivity index (χ3n) is 9.30. The van der Waals surface area contributed by atoms with E-state index < -0.39 is 5.97 Å². The van der Waals surface area contributed by atoms with Gasteiger partial charge in [-0.3, -0.25) is 14.4 Å². The molecule has 0 bridgehead atoms. The van der Waals surface area contributed by atoms with Crippen LogP contribution < -0.4 is 16.4 Å². The van der Waals surface area contributed by atoms with E-state index in [1.165, 1.54) is 57.8 Å². The summed E-state index contributed by atoms with van der Waals surface area (Å²) in [6, 6.07) is 0. The Balaban J connectivity index is 3.21. The molecule has 2 amide bonds. The van der Waals surface area contributed by atoms with Gasteiger partial charge in [-0.05, 0) is 19.3 Å². The van der Waals surface area contributed by atoms with E-state index in [1.807, 2.05) is 0 Å². The van der Waals surface area contributed by atoms with Crippen molar-refractivity contribution in [3.63, 3.8) is 0 Å². The molecule has 374 valence electrons. The molecule has 63 heavy (non-hydrogen) atoms. The monoisotopic (exact) mass is 912 g/mol. The number of carbonyl (C=O) groups excluding carboxylic acids is 2. The quantitative estimate of drug-likeness (QED) is 0.0490. The number of ether oxygens (including phenoxy) is 11. The van der Waals surface area contributed by atoms with E-state index in [1.54, 1.807) is 0 Å². The molecule has 5 N–H and O–H groups in total.